The van der Waals surface area contributed by atoms with Crippen LogP contribution in [0, 0.1) is 6.92 Å². The van der Waals surface area contributed by atoms with Gasteiger partial charge in [-0.25, -0.2) is 4.68 Å². The maximum absolute atomic E-state index is 10.8. The molecule has 1 saturated heterocycles. The van der Waals surface area contributed by atoms with Gasteiger partial charge in [0.05, 0.1) is 12.4 Å². The van der Waals surface area contributed by atoms with Gasteiger partial charge in [0, 0.05) is 31.2 Å². The third kappa shape index (κ3) is 2.71. The van der Waals surface area contributed by atoms with E-state index in [0.717, 1.165) is 24.4 Å². The molecule has 7 nitrogen and oxygen atoms in total. The average molecular weight is 291 g/mol. The van der Waals surface area contributed by atoms with Crippen LogP contribution in [-0.4, -0.2) is 43.2 Å². The lowest BCUT2D eigenvalue weighted by atomic mass is 10.00. The highest BCUT2D eigenvalue weighted by molar-refractivity contribution is 5.15. The van der Waals surface area contributed by atoms with Gasteiger partial charge in [0.2, 0.25) is 0 Å². The van der Waals surface area contributed by atoms with Crippen molar-refractivity contribution in [1.29, 1.82) is 0 Å². The van der Waals surface area contributed by atoms with E-state index >= 15 is 0 Å². The van der Waals surface area contributed by atoms with E-state index in [1.807, 2.05) is 27.0 Å². The molecule has 0 aromatic carbocycles. The summed E-state index contributed by atoms with van der Waals surface area (Å²) in [4.78, 5) is 2.19. The van der Waals surface area contributed by atoms with Gasteiger partial charge in [-0.2, -0.15) is 0 Å². The van der Waals surface area contributed by atoms with Crippen LogP contribution in [0.4, 0.5) is 0 Å². The Hall–Kier alpha value is -1.73. The van der Waals surface area contributed by atoms with E-state index < -0.39 is 5.60 Å². The van der Waals surface area contributed by atoms with Crippen LogP contribution >= 0.6 is 0 Å². The number of aryl methyl sites for hydroxylation is 1. The fourth-order valence-corrected chi connectivity index (χ4v) is 2.67. The highest BCUT2D eigenvalue weighted by Gasteiger charge is 2.40. The van der Waals surface area contributed by atoms with Crippen molar-refractivity contribution in [3.05, 3.63) is 29.4 Å². The van der Waals surface area contributed by atoms with Crippen molar-refractivity contribution in [2.45, 2.75) is 45.4 Å². The van der Waals surface area contributed by atoms with Crippen molar-refractivity contribution >= 4 is 0 Å². The Kier molecular flexibility index (Phi) is 3.54. The van der Waals surface area contributed by atoms with Crippen LogP contribution in [0.2, 0.25) is 0 Å². The molecular weight excluding hydrogens is 270 g/mol. The largest absolute Gasteiger partial charge is 0.382 e. The monoisotopic (exact) mass is 291 g/mol. The topological polar surface area (TPSA) is 80.2 Å². The fraction of sp³-hybridized carbons (Fsp3) is 0.643. The van der Waals surface area contributed by atoms with Crippen LogP contribution in [0.1, 0.15) is 43.3 Å². The minimum atomic E-state index is -0.918. The summed E-state index contributed by atoms with van der Waals surface area (Å²) >= 11 is 0. The average Bonchev–Trinajstić information content (AvgIpc) is 3.12. The molecule has 0 spiro atoms. The van der Waals surface area contributed by atoms with Crippen LogP contribution in [0.15, 0.2) is 16.9 Å². The van der Waals surface area contributed by atoms with Crippen molar-refractivity contribution in [2.75, 3.05) is 13.1 Å². The molecule has 0 bridgehead atoms. The predicted molar refractivity (Wildman–Crippen MR) is 75.4 cm³/mol. The lowest BCUT2D eigenvalue weighted by Gasteiger charge is -2.20. The third-order valence-electron chi connectivity index (χ3n) is 4.09. The molecule has 0 saturated carbocycles. The summed E-state index contributed by atoms with van der Waals surface area (Å²) < 4.78 is 6.85. The van der Waals surface area contributed by atoms with E-state index in [1.54, 1.807) is 10.9 Å². The van der Waals surface area contributed by atoms with Gasteiger partial charge in [-0.1, -0.05) is 10.4 Å². The Labute approximate surface area is 123 Å². The number of hydrogen-bond donors (Lipinski definition) is 1. The normalized spacial score (nSPS) is 23.3. The lowest BCUT2D eigenvalue weighted by molar-refractivity contribution is 0.0408. The second-order valence-electron chi connectivity index (χ2n) is 6.08. The van der Waals surface area contributed by atoms with Gasteiger partial charge in [0.25, 0.3) is 0 Å². The number of aromatic nitrogens is 4. The lowest BCUT2D eigenvalue weighted by Crippen LogP contribution is -2.31. The molecule has 1 atom stereocenters. The fourth-order valence-electron chi connectivity index (χ4n) is 2.67. The van der Waals surface area contributed by atoms with Crippen molar-refractivity contribution < 1.29 is 9.63 Å². The molecular formula is C14H21N5O2. The summed E-state index contributed by atoms with van der Waals surface area (Å²) in [6.45, 7) is 8.08. The van der Waals surface area contributed by atoms with Gasteiger partial charge < -0.3 is 9.63 Å². The molecule has 1 fully saturated rings. The zero-order valence-electron chi connectivity index (χ0n) is 12.7. The Balaban J connectivity index is 1.71. The van der Waals surface area contributed by atoms with Crippen LogP contribution < -0.4 is 0 Å². The van der Waals surface area contributed by atoms with Gasteiger partial charge in [0.1, 0.15) is 17.1 Å². The van der Waals surface area contributed by atoms with E-state index in [9.17, 15) is 5.11 Å². The van der Waals surface area contributed by atoms with Crippen molar-refractivity contribution in [1.82, 2.24) is 25.1 Å². The first-order valence-electron chi connectivity index (χ1n) is 7.25. The van der Waals surface area contributed by atoms with Crippen molar-refractivity contribution in [2.24, 2.45) is 0 Å². The number of hydrogen-bond acceptors (Lipinski definition) is 6. The molecule has 1 aliphatic heterocycles. The van der Waals surface area contributed by atoms with Crippen LogP contribution in [0.3, 0.4) is 0 Å². The Bertz CT molecular complexity index is 620. The number of β-amino-alcohol motifs (C(OH)–C–C–N with tert-alkyl or cyclic N) is 1. The van der Waals surface area contributed by atoms with Crippen LogP contribution in [0.25, 0.3) is 0 Å². The molecule has 3 rings (SSSR count). The van der Waals surface area contributed by atoms with Gasteiger partial charge >= 0.3 is 0 Å². The van der Waals surface area contributed by atoms with E-state index in [-0.39, 0.29) is 6.04 Å². The minimum absolute atomic E-state index is 0.243. The van der Waals surface area contributed by atoms with Gasteiger partial charge in [-0.15, -0.1) is 5.10 Å². The predicted octanol–water partition coefficient (Wildman–Crippen LogP) is 1.25. The van der Waals surface area contributed by atoms with Crippen molar-refractivity contribution in [3.63, 3.8) is 0 Å². The highest BCUT2D eigenvalue weighted by Crippen LogP contribution is 2.31. The minimum Gasteiger partial charge on any atom is -0.382 e. The maximum atomic E-state index is 10.8. The summed E-state index contributed by atoms with van der Waals surface area (Å²) in [5, 5.41) is 22.8. The van der Waals surface area contributed by atoms with Crippen LogP contribution in [-0.2, 0) is 12.1 Å². The standard InChI is InChI=1S/C14H21N5O2/c1-10(2)19-8-13(16-17-19)14(20)4-5-18(9-14)7-12-6-15-21-11(12)3/h6,8,10,20H,4-5,7,9H2,1-3H3. The first-order chi connectivity index (χ1) is 9.98. The zero-order chi connectivity index (χ0) is 15.0. The molecule has 1 unspecified atom stereocenters. The Morgan fingerprint density at radius 2 is 2.29 bits per heavy atom. The van der Waals surface area contributed by atoms with Gasteiger partial charge in [0.15, 0.2) is 0 Å². The highest BCUT2D eigenvalue weighted by atomic mass is 16.5. The Morgan fingerprint density at radius 1 is 1.48 bits per heavy atom. The van der Waals surface area contributed by atoms with E-state index in [4.69, 9.17) is 4.52 Å². The summed E-state index contributed by atoms with van der Waals surface area (Å²) in [5.74, 6) is 0.830. The maximum Gasteiger partial charge on any atom is 0.138 e. The number of aliphatic hydroxyl groups is 1. The van der Waals surface area contributed by atoms with Gasteiger partial charge in [-0.05, 0) is 27.2 Å². The van der Waals surface area contributed by atoms with E-state index in [0.29, 0.717) is 18.7 Å². The molecule has 2 aromatic rings. The molecule has 2 aromatic heterocycles. The second-order valence-corrected chi connectivity index (χ2v) is 6.08. The first kappa shape index (κ1) is 14.2. The molecule has 3 heterocycles. The smallest absolute Gasteiger partial charge is 0.138 e. The van der Waals surface area contributed by atoms with Crippen molar-refractivity contribution in [3.8, 4) is 0 Å². The van der Waals surface area contributed by atoms with Crippen LogP contribution in [0.5, 0.6) is 0 Å². The summed E-state index contributed by atoms with van der Waals surface area (Å²) in [6, 6.07) is 0.243. The molecule has 114 valence electrons. The quantitative estimate of drug-likeness (QED) is 0.913. The van der Waals surface area contributed by atoms with E-state index in [1.165, 1.54) is 0 Å². The molecule has 0 radical (unpaired) electrons. The van der Waals surface area contributed by atoms with Gasteiger partial charge in [-0.3, -0.25) is 4.90 Å². The molecule has 0 aliphatic carbocycles. The third-order valence-corrected chi connectivity index (χ3v) is 4.09. The second kappa shape index (κ2) is 5.23. The molecule has 0 amide bonds. The summed E-state index contributed by atoms with van der Waals surface area (Å²) in [5.41, 5.74) is 0.795. The Morgan fingerprint density at radius 3 is 2.90 bits per heavy atom. The molecule has 1 N–H and O–H groups in total. The van der Waals surface area contributed by atoms with E-state index in [2.05, 4.69) is 20.4 Å². The first-order valence-corrected chi connectivity index (χ1v) is 7.25. The molecule has 21 heavy (non-hydrogen) atoms. The molecule has 1 aliphatic rings. The number of likely N-dealkylation sites (tertiary alicyclic amines) is 1. The zero-order valence-corrected chi connectivity index (χ0v) is 12.7. The summed E-state index contributed by atoms with van der Waals surface area (Å²) in [7, 11) is 0. The number of rotatable bonds is 4. The number of nitrogens with zero attached hydrogens (tertiary/aromatic N) is 5. The molecule has 7 heteroatoms. The summed E-state index contributed by atoms with van der Waals surface area (Å²) in [6.07, 6.45) is 4.24. The SMILES string of the molecule is Cc1oncc1CN1CCC(O)(c2cn(C(C)C)nn2)C1.